The summed E-state index contributed by atoms with van der Waals surface area (Å²) < 4.78 is 6.48. The second-order valence-corrected chi connectivity index (χ2v) is 11.7. The highest BCUT2D eigenvalue weighted by Gasteiger charge is 2.45. The highest BCUT2D eigenvalue weighted by Crippen LogP contribution is 2.41. The van der Waals surface area contributed by atoms with E-state index in [4.69, 9.17) is 9.73 Å². The molecular weight excluding hydrogens is 458 g/mol. The number of carbonyl (C=O) groups excluding carboxylic acids is 1. The van der Waals surface area contributed by atoms with E-state index in [-0.39, 0.29) is 18.0 Å². The fourth-order valence-electron chi connectivity index (χ4n) is 5.90. The summed E-state index contributed by atoms with van der Waals surface area (Å²) in [5, 5.41) is 0. The largest absolute Gasteiger partial charge is 0.461 e. The van der Waals surface area contributed by atoms with Crippen molar-refractivity contribution in [2.75, 3.05) is 30.9 Å². The van der Waals surface area contributed by atoms with Crippen LogP contribution in [0.15, 0.2) is 53.5 Å². The Balaban J connectivity index is 1.73. The fourth-order valence-corrected chi connectivity index (χ4v) is 5.90. The maximum Gasteiger partial charge on any atom is 0.329 e. The molecule has 5 nitrogen and oxygen atoms in total. The molecule has 0 aromatic heterocycles. The minimum Gasteiger partial charge on any atom is -0.461 e. The van der Waals surface area contributed by atoms with E-state index in [0.717, 1.165) is 54.0 Å². The number of esters is 1. The molecular formula is C32H45N3O2. The van der Waals surface area contributed by atoms with Crippen LogP contribution in [0.5, 0.6) is 0 Å². The van der Waals surface area contributed by atoms with Gasteiger partial charge in [0.2, 0.25) is 0 Å². The molecule has 5 heteroatoms. The van der Waals surface area contributed by atoms with Crippen molar-refractivity contribution in [1.82, 2.24) is 0 Å². The lowest BCUT2D eigenvalue weighted by molar-refractivity contribution is -0.157. The van der Waals surface area contributed by atoms with Gasteiger partial charge in [0.1, 0.15) is 18.0 Å². The van der Waals surface area contributed by atoms with Crippen LogP contribution in [0, 0.1) is 30.6 Å². The van der Waals surface area contributed by atoms with Gasteiger partial charge in [0.25, 0.3) is 0 Å². The average Bonchev–Trinajstić information content (AvgIpc) is 3.69. The Hall–Kier alpha value is -2.82. The van der Waals surface area contributed by atoms with Gasteiger partial charge in [0, 0.05) is 38.1 Å². The number of amidine groups is 1. The molecule has 4 atom stereocenters. The quantitative estimate of drug-likeness (QED) is 0.228. The third kappa shape index (κ3) is 6.19. The number of para-hydroxylation sites is 1. The van der Waals surface area contributed by atoms with Crippen LogP contribution in [-0.2, 0) is 9.53 Å². The van der Waals surface area contributed by atoms with Crippen LogP contribution in [0.4, 0.5) is 11.4 Å². The van der Waals surface area contributed by atoms with Crippen LogP contribution in [0.3, 0.4) is 0 Å². The van der Waals surface area contributed by atoms with Gasteiger partial charge in [0.15, 0.2) is 0 Å². The summed E-state index contributed by atoms with van der Waals surface area (Å²) in [6.45, 7) is 8.92. The summed E-state index contributed by atoms with van der Waals surface area (Å²) in [7, 11) is 5.91. The molecule has 0 unspecified atom stereocenters. The van der Waals surface area contributed by atoms with Crippen molar-refractivity contribution in [1.29, 1.82) is 0 Å². The summed E-state index contributed by atoms with van der Waals surface area (Å²) in [6, 6.07) is 16.4. The number of hydrogen-bond donors (Lipinski definition) is 0. The van der Waals surface area contributed by atoms with Crippen LogP contribution in [-0.4, -0.2) is 45.1 Å². The Morgan fingerprint density at radius 1 is 1.00 bits per heavy atom. The van der Waals surface area contributed by atoms with Crippen molar-refractivity contribution in [2.45, 2.75) is 71.9 Å². The van der Waals surface area contributed by atoms with Crippen LogP contribution < -0.4 is 9.80 Å². The van der Waals surface area contributed by atoms with Crippen molar-refractivity contribution in [2.24, 2.45) is 28.7 Å². The third-order valence-corrected chi connectivity index (χ3v) is 8.27. The maximum atomic E-state index is 14.2. The zero-order chi connectivity index (χ0) is 26.7. The molecule has 0 amide bonds. The summed E-state index contributed by atoms with van der Waals surface area (Å²) in [4.78, 5) is 23.2. The Bertz CT molecular complexity index is 1090. The van der Waals surface area contributed by atoms with Crippen molar-refractivity contribution in [3.8, 4) is 0 Å². The predicted octanol–water partition coefficient (Wildman–Crippen LogP) is 6.73. The van der Waals surface area contributed by atoms with E-state index in [1.54, 1.807) is 0 Å². The number of nitrogens with zero attached hydrogens (tertiary/aromatic N) is 3. The Morgan fingerprint density at radius 3 is 2.24 bits per heavy atom. The SMILES string of the molecule is C/N=C(\c1ccc(N(C)C)cc1)N(c1ccccc1C)[C@@H](C(=O)O[C@@H]1C[C@H](C)CC[C@H]1C(C)C)C1CC1. The molecule has 2 aliphatic carbocycles. The second kappa shape index (κ2) is 11.7. The van der Waals surface area contributed by atoms with Crippen molar-refractivity contribution in [3.63, 3.8) is 0 Å². The van der Waals surface area contributed by atoms with Gasteiger partial charge in [-0.2, -0.15) is 0 Å². The molecule has 0 heterocycles. The van der Waals surface area contributed by atoms with Crippen LogP contribution in [0.25, 0.3) is 0 Å². The lowest BCUT2D eigenvalue weighted by Gasteiger charge is -2.39. The van der Waals surface area contributed by atoms with Crippen molar-refractivity contribution < 1.29 is 9.53 Å². The lowest BCUT2D eigenvalue weighted by atomic mass is 9.75. The zero-order valence-electron chi connectivity index (χ0n) is 23.8. The number of ether oxygens (including phenoxy) is 1. The van der Waals surface area contributed by atoms with Gasteiger partial charge in [0.05, 0.1) is 0 Å². The minimum atomic E-state index is -0.390. The van der Waals surface area contributed by atoms with Crippen molar-refractivity contribution >= 4 is 23.2 Å². The van der Waals surface area contributed by atoms with Crippen LogP contribution in [0.2, 0.25) is 0 Å². The normalized spacial score (nSPS) is 23.0. The molecule has 0 N–H and O–H groups in total. The van der Waals surface area contributed by atoms with Gasteiger partial charge in [-0.3, -0.25) is 4.99 Å². The number of aliphatic imine (C=N–C) groups is 1. The molecule has 0 bridgehead atoms. The van der Waals surface area contributed by atoms with Gasteiger partial charge < -0.3 is 14.5 Å². The monoisotopic (exact) mass is 503 g/mol. The predicted molar refractivity (Wildman–Crippen MR) is 155 cm³/mol. The number of anilines is 2. The van der Waals surface area contributed by atoms with Gasteiger partial charge >= 0.3 is 5.97 Å². The molecule has 2 aromatic carbocycles. The molecule has 0 radical (unpaired) electrons. The van der Waals surface area contributed by atoms with E-state index < -0.39 is 6.04 Å². The van der Waals surface area contributed by atoms with E-state index in [9.17, 15) is 4.79 Å². The van der Waals surface area contributed by atoms with E-state index >= 15 is 0 Å². The molecule has 37 heavy (non-hydrogen) atoms. The van der Waals surface area contributed by atoms with Gasteiger partial charge in [-0.25, -0.2) is 4.79 Å². The highest BCUT2D eigenvalue weighted by atomic mass is 16.5. The van der Waals surface area contributed by atoms with E-state index in [2.05, 4.69) is 73.9 Å². The highest BCUT2D eigenvalue weighted by molar-refractivity contribution is 6.13. The van der Waals surface area contributed by atoms with Crippen molar-refractivity contribution in [3.05, 3.63) is 59.7 Å². The zero-order valence-corrected chi connectivity index (χ0v) is 23.8. The molecule has 2 aliphatic rings. The van der Waals surface area contributed by atoms with Crippen LogP contribution >= 0.6 is 0 Å². The third-order valence-electron chi connectivity index (χ3n) is 8.27. The first-order valence-electron chi connectivity index (χ1n) is 14.0. The number of rotatable bonds is 8. The van der Waals surface area contributed by atoms with Gasteiger partial charge in [-0.15, -0.1) is 0 Å². The number of hydrogen-bond acceptors (Lipinski definition) is 4. The molecule has 0 spiro atoms. The lowest BCUT2D eigenvalue weighted by Crippen LogP contribution is -2.50. The van der Waals surface area contributed by atoms with E-state index in [1.807, 2.05) is 33.3 Å². The molecule has 200 valence electrons. The molecule has 4 rings (SSSR count). The maximum absolute atomic E-state index is 14.2. The van der Waals surface area contributed by atoms with E-state index in [1.165, 1.54) is 6.42 Å². The summed E-state index contributed by atoms with van der Waals surface area (Å²) >= 11 is 0. The molecule has 0 saturated heterocycles. The average molecular weight is 504 g/mol. The number of benzene rings is 2. The topological polar surface area (TPSA) is 45.1 Å². The van der Waals surface area contributed by atoms with E-state index in [0.29, 0.717) is 17.8 Å². The molecule has 0 aliphatic heterocycles. The summed E-state index contributed by atoms with van der Waals surface area (Å²) in [5.41, 5.74) is 4.27. The first-order chi connectivity index (χ1) is 17.7. The first kappa shape index (κ1) is 27.2. The fraction of sp³-hybridized carbons (Fsp3) is 0.562. The number of aryl methyl sites for hydroxylation is 1. The molecule has 2 fully saturated rings. The first-order valence-corrected chi connectivity index (χ1v) is 14.0. The summed E-state index contributed by atoms with van der Waals surface area (Å²) in [5.74, 6) is 2.49. The standard InChI is InChI=1S/C32H45N3O2/c1-21(2)27-19-12-22(3)20-29(27)37-32(36)30(24-13-14-24)35(28-11-9-8-10-23(28)4)31(33-5)25-15-17-26(18-16-25)34(6)7/h8-11,15-18,21-22,24,27,29-30H,12-14,19-20H2,1-7H3/b33-31+/t22-,27+,29-,30-/m1/s1. The summed E-state index contributed by atoms with van der Waals surface area (Å²) in [6.07, 6.45) is 5.36. The van der Waals surface area contributed by atoms with Gasteiger partial charge in [-0.05, 0) is 92.2 Å². The molecule has 2 saturated carbocycles. The van der Waals surface area contributed by atoms with Gasteiger partial charge in [-0.1, -0.05) is 45.4 Å². The second-order valence-electron chi connectivity index (χ2n) is 11.7. The Morgan fingerprint density at radius 2 is 1.68 bits per heavy atom. The smallest absolute Gasteiger partial charge is 0.329 e. The molecule has 2 aromatic rings. The minimum absolute atomic E-state index is 0.0161. The van der Waals surface area contributed by atoms with Crippen LogP contribution in [0.1, 0.15) is 64.0 Å². The number of carbonyl (C=O) groups is 1. The Kier molecular flexibility index (Phi) is 8.61. The Labute approximate surface area is 223 Å².